The van der Waals surface area contributed by atoms with Crippen LogP contribution < -0.4 is 4.90 Å². The van der Waals surface area contributed by atoms with Crippen LogP contribution in [0.15, 0.2) is 24.7 Å². The van der Waals surface area contributed by atoms with Gasteiger partial charge in [-0.05, 0) is 19.4 Å². The number of aromatic nitrogens is 3. The molecule has 1 fully saturated rings. The second kappa shape index (κ2) is 6.33. The monoisotopic (exact) mass is 317 g/mol. The van der Waals surface area contributed by atoms with E-state index in [1.54, 1.807) is 6.07 Å². The fourth-order valence-corrected chi connectivity index (χ4v) is 2.75. The van der Waals surface area contributed by atoms with Crippen molar-refractivity contribution in [2.24, 2.45) is 0 Å². The molecular weight excluding hydrogens is 298 g/mol. The number of ether oxygens (including phenoxy) is 1. The van der Waals surface area contributed by atoms with Gasteiger partial charge in [-0.15, -0.1) is 0 Å². The van der Waals surface area contributed by atoms with Crippen LogP contribution in [0.25, 0.3) is 0 Å². The van der Waals surface area contributed by atoms with E-state index in [9.17, 15) is 10.1 Å². The minimum atomic E-state index is -0.426. The summed E-state index contributed by atoms with van der Waals surface area (Å²) in [6, 6.07) is 1.56. The lowest BCUT2D eigenvalue weighted by molar-refractivity contribution is -0.385. The second-order valence-electron chi connectivity index (χ2n) is 5.53. The van der Waals surface area contributed by atoms with Crippen molar-refractivity contribution in [3.8, 4) is 0 Å². The van der Waals surface area contributed by atoms with Crippen molar-refractivity contribution in [1.82, 2.24) is 14.8 Å². The second-order valence-corrected chi connectivity index (χ2v) is 5.53. The Morgan fingerprint density at radius 1 is 1.48 bits per heavy atom. The Labute approximate surface area is 133 Å². The van der Waals surface area contributed by atoms with Crippen molar-refractivity contribution >= 4 is 11.5 Å². The van der Waals surface area contributed by atoms with E-state index in [1.807, 2.05) is 30.9 Å². The van der Waals surface area contributed by atoms with E-state index in [4.69, 9.17) is 4.74 Å². The number of hydrogen-bond acceptors (Lipinski definition) is 6. The molecule has 3 rings (SSSR count). The predicted molar refractivity (Wildman–Crippen MR) is 84.4 cm³/mol. The molecule has 0 radical (unpaired) electrons. The predicted octanol–water partition coefficient (Wildman–Crippen LogP) is 2.09. The summed E-state index contributed by atoms with van der Waals surface area (Å²) in [4.78, 5) is 16.8. The number of hydrogen-bond donors (Lipinski definition) is 0. The van der Waals surface area contributed by atoms with E-state index in [2.05, 4.69) is 15.0 Å². The van der Waals surface area contributed by atoms with Crippen LogP contribution in [0.4, 0.5) is 11.5 Å². The number of nitrogens with zero attached hydrogens (tertiary/aromatic N) is 5. The molecule has 0 unspecified atom stereocenters. The zero-order valence-corrected chi connectivity index (χ0v) is 13.2. The first-order chi connectivity index (χ1) is 11.1. The molecule has 0 aromatic carbocycles. The third-order valence-corrected chi connectivity index (χ3v) is 3.96. The maximum atomic E-state index is 10.8. The molecule has 0 saturated carbocycles. The van der Waals surface area contributed by atoms with Crippen LogP contribution in [0.1, 0.15) is 24.2 Å². The van der Waals surface area contributed by atoms with Crippen LogP contribution in [0.5, 0.6) is 0 Å². The van der Waals surface area contributed by atoms with Gasteiger partial charge < -0.3 is 9.64 Å². The Bertz CT molecular complexity index is 715. The van der Waals surface area contributed by atoms with E-state index in [-0.39, 0.29) is 11.8 Å². The molecule has 0 aliphatic carbocycles. The maximum absolute atomic E-state index is 10.8. The molecule has 2 aromatic heterocycles. The topological polar surface area (TPSA) is 86.3 Å². The highest BCUT2D eigenvalue weighted by Gasteiger charge is 2.25. The van der Waals surface area contributed by atoms with Crippen molar-refractivity contribution in [2.75, 3.05) is 24.6 Å². The SMILES string of the molecule is CCn1cc([C@@H]2CN(c3ncc([N+](=O)[O-])cc3C)CCO2)cn1. The average molecular weight is 317 g/mol. The average Bonchev–Trinajstić information content (AvgIpc) is 3.04. The first-order valence-corrected chi connectivity index (χ1v) is 7.58. The third-order valence-electron chi connectivity index (χ3n) is 3.96. The fraction of sp³-hybridized carbons (Fsp3) is 0.467. The third kappa shape index (κ3) is 3.16. The van der Waals surface area contributed by atoms with E-state index in [1.165, 1.54) is 6.20 Å². The van der Waals surface area contributed by atoms with E-state index < -0.39 is 4.92 Å². The first kappa shape index (κ1) is 15.4. The molecule has 0 spiro atoms. The van der Waals surface area contributed by atoms with Gasteiger partial charge in [0.1, 0.15) is 18.1 Å². The van der Waals surface area contributed by atoms with Gasteiger partial charge in [0.2, 0.25) is 0 Å². The summed E-state index contributed by atoms with van der Waals surface area (Å²) < 4.78 is 7.71. The lowest BCUT2D eigenvalue weighted by Crippen LogP contribution is -2.39. The van der Waals surface area contributed by atoms with Crippen LogP contribution in [0.2, 0.25) is 0 Å². The van der Waals surface area contributed by atoms with Crippen molar-refractivity contribution in [3.63, 3.8) is 0 Å². The Kier molecular flexibility index (Phi) is 4.24. The van der Waals surface area contributed by atoms with Crippen molar-refractivity contribution in [3.05, 3.63) is 45.9 Å². The van der Waals surface area contributed by atoms with Gasteiger partial charge in [0, 0.05) is 37.5 Å². The molecule has 0 amide bonds. The smallest absolute Gasteiger partial charge is 0.287 e. The van der Waals surface area contributed by atoms with Gasteiger partial charge >= 0.3 is 0 Å². The Hall–Kier alpha value is -2.48. The molecule has 1 saturated heterocycles. The molecule has 2 aromatic rings. The van der Waals surface area contributed by atoms with Gasteiger partial charge in [0.05, 0.1) is 17.7 Å². The summed E-state index contributed by atoms with van der Waals surface area (Å²) in [5.41, 5.74) is 1.85. The van der Waals surface area contributed by atoms with Crippen LogP contribution in [0.3, 0.4) is 0 Å². The van der Waals surface area contributed by atoms with Crippen molar-refractivity contribution in [2.45, 2.75) is 26.5 Å². The quantitative estimate of drug-likeness (QED) is 0.634. The van der Waals surface area contributed by atoms with Gasteiger partial charge in [-0.3, -0.25) is 14.8 Å². The van der Waals surface area contributed by atoms with Crippen molar-refractivity contribution < 1.29 is 9.66 Å². The van der Waals surface area contributed by atoms with Gasteiger partial charge in [-0.25, -0.2) is 4.98 Å². The summed E-state index contributed by atoms with van der Waals surface area (Å²) in [6.07, 6.45) is 5.06. The summed E-state index contributed by atoms with van der Waals surface area (Å²) in [5.74, 6) is 0.770. The van der Waals surface area contributed by atoms with Gasteiger partial charge in [-0.1, -0.05) is 0 Å². The van der Waals surface area contributed by atoms with Crippen molar-refractivity contribution in [1.29, 1.82) is 0 Å². The number of morpholine rings is 1. The molecule has 1 aliphatic heterocycles. The molecular formula is C15H19N5O3. The number of pyridine rings is 1. The zero-order valence-electron chi connectivity index (χ0n) is 13.2. The number of nitro groups is 1. The van der Waals surface area contributed by atoms with Crippen LogP contribution >= 0.6 is 0 Å². The lowest BCUT2D eigenvalue weighted by atomic mass is 10.1. The number of aryl methyl sites for hydroxylation is 2. The lowest BCUT2D eigenvalue weighted by Gasteiger charge is -2.34. The number of rotatable bonds is 4. The summed E-state index contributed by atoms with van der Waals surface area (Å²) in [6.45, 7) is 6.65. The Balaban J connectivity index is 1.79. The van der Waals surface area contributed by atoms with E-state index in [0.29, 0.717) is 19.7 Å². The highest BCUT2D eigenvalue weighted by atomic mass is 16.6. The molecule has 0 N–H and O–H groups in total. The number of anilines is 1. The summed E-state index contributed by atoms with van der Waals surface area (Å²) >= 11 is 0. The molecule has 8 nitrogen and oxygen atoms in total. The minimum Gasteiger partial charge on any atom is -0.370 e. The van der Waals surface area contributed by atoms with Crippen LogP contribution in [-0.4, -0.2) is 39.4 Å². The molecule has 23 heavy (non-hydrogen) atoms. The normalized spacial score (nSPS) is 18.2. The highest BCUT2D eigenvalue weighted by molar-refractivity contribution is 5.51. The highest BCUT2D eigenvalue weighted by Crippen LogP contribution is 2.28. The standard InChI is InChI=1S/C15H19N5O3/c1-3-19-9-12(7-17-19)14-10-18(4-5-23-14)15-11(2)6-13(8-16-15)20(21)22/h6-9,14H,3-5,10H2,1-2H3/t14-/m0/s1. The maximum Gasteiger partial charge on any atom is 0.287 e. The van der Waals surface area contributed by atoms with E-state index >= 15 is 0 Å². The Morgan fingerprint density at radius 3 is 2.96 bits per heavy atom. The minimum absolute atomic E-state index is 0.0141. The van der Waals surface area contributed by atoms with Gasteiger partial charge in [0.15, 0.2) is 0 Å². The molecule has 3 heterocycles. The molecule has 1 atom stereocenters. The molecule has 8 heteroatoms. The first-order valence-electron chi connectivity index (χ1n) is 7.58. The molecule has 122 valence electrons. The summed E-state index contributed by atoms with van der Waals surface area (Å²) in [7, 11) is 0. The fourth-order valence-electron chi connectivity index (χ4n) is 2.75. The van der Waals surface area contributed by atoms with Gasteiger partial charge in [-0.2, -0.15) is 5.10 Å². The Morgan fingerprint density at radius 2 is 2.30 bits per heavy atom. The molecule has 0 bridgehead atoms. The largest absolute Gasteiger partial charge is 0.370 e. The van der Waals surface area contributed by atoms with Crippen LogP contribution in [0, 0.1) is 17.0 Å². The zero-order chi connectivity index (χ0) is 16.4. The van der Waals surface area contributed by atoms with Crippen LogP contribution in [-0.2, 0) is 11.3 Å². The molecule has 1 aliphatic rings. The summed E-state index contributed by atoms with van der Waals surface area (Å²) in [5, 5.41) is 15.1. The van der Waals surface area contributed by atoms with E-state index in [0.717, 1.165) is 23.5 Å². The van der Waals surface area contributed by atoms with Gasteiger partial charge in [0.25, 0.3) is 5.69 Å².